The molecule has 0 atom stereocenters. The molecule has 0 aliphatic heterocycles. The van der Waals surface area contributed by atoms with Crippen molar-refractivity contribution in [1.82, 2.24) is 4.98 Å². The molecule has 1 rings (SSSR count). The summed E-state index contributed by atoms with van der Waals surface area (Å²) in [7, 11) is 0. The second kappa shape index (κ2) is 2.54. The number of pyridine rings is 1. The maximum absolute atomic E-state index is 11.9. The molecule has 0 aliphatic carbocycles. The first-order chi connectivity index (χ1) is 5.41. The average Bonchev–Trinajstić information content (AvgIpc) is 1.92. The van der Waals surface area contributed by atoms with Crippen LogP contribution in [0.1, 0.15) is 5.56 Å². The Morgan fingerprint density at radius 1 is 1.42 bits per heavy atom. The van der Waals surface area contributed by atoms with Gasteiger partial charge in [0.1, 0.15) is 0 Å². The van der Waals surface area contributed by atoms with Gasteiger partial charge in [0.2, 0.25) is 0 Å². The van der Waals surface area contributed by atoms with E-state index in [0.717, 1.165) is 0 Å². The fraction of sp³-hybridized carbons (Fsp3) is 0.167. The minimum atomic E-state index is -4.50. The van der Waals surface area contributed by atoms with Crippen molar-refractivity contribution in [2.75, 3.05) is 5.73 Å². The van der Waals surface area contributed by atoms with E-state index < -0.39 is 17.5 Å². The zero-order valence-corrected chi connectivity index (χ0v) is 5.76. The first-order valence-corrected chi connectivity index (χ1v) is 2.93. The zero-order valence-electron chi connectivity index (χ0n) is 5.76. The van der Waals surface area contributed by atoms with E-state index in [1.807, 2.05) is 0 Å². The van der Waals surface area contributed by atoms with Gasteiger partial charge >= 0.3 is 6.18 Å². The van der Waals surface area contributed by atoms with Crippen molar-refractivity contribution in [1.29, 1.82) is 0 Å². The van der Waals surface area contributed by atoms with E-state index in [-0.39, 0.29) is 5.82 Å². The number of aromatic nitrogens is 1. The van der Waals surface area contributed by atoms with Gasteiger partial charge in [0.25, 0.3) is 0 Å². The molecule has 3 nitrogen and oxygen atoms in total. The van der Waals surface area contributed by atoms with Crippen molar-refractivity contribution in [2.24, 2.45) is 0 Å². The van der Waals surface area contributed by atoms with E-state index in [4.69, 9.17) is 10.8 Å². The third-order valence-electron chi connectivity index (χ3n) is 1.22. The largest absolute Gasteiger partial charge is 0.504 e. The van der Waals surface area contributed by atoms with Crippen LogP contribution in [0.15, 0.2) is 12.3 Å². The third kappa shape index (κ3) is 1.58. The van der Waals surface area contributed by atoms with E-state index >= 15 is 0 Å². The molecule has 0 aromatic carbocycles. The van der Waals surface area contributed by atoms with Gasteiger partial charge in [-0.15, -0.1) is 0 Å². The molecule has 66 valence electrons. The van der Waals surface area contributed by atoms with E-state index in [0.29, 0.717) is 12.3 Å². The highest BCUT2D eigenvalue weighted by atomic mass is 19.4. The van der Waals surface area contributed by atoms with E-state index in [2.05, 4.69) is 4.98 Å². The highest BCUT2D eigenvalue weighted by molar-refractivity contribution is 5.46. The van der Waals surface area contributed by atoms with Crippen molar-refractivity contribution in [2.45, 2.75) is 6.18 Å². The highest BCUT2D eigenvalue weighted by Crippen LogP contribution is 2.31. The summed E-state index contributed by atoms with van der Waals surface area (Å²) in [6.07, 6.45) is -3.94. The molecule has 12 heavy (non-hydrogen) atoms. The molecule has 0 aliphatic rings. The standard InChI is InChI=1S/C6H5F3N2O/c7-6(8,9)3-1-4(12)5(10)11-2-3/h1-2,12H,(H2,10,11). The van der Waals surface area contributed by atoms with Crippen LogP contribution in [0.4, 0.5) is 19.0 Å². The summed E-state index contributed by atoms with van der Waals surface area (Å²) in [6, 6.07) is 0.530. The Labute approximate surface area is 65.6 Å². The van der Waals surface area contributed by atoms with E-state index in [9.17, 15) is 13.2 Å². The van der Waals surface area contributed by atoms with Crippen LogP contribution in [0.25, 0.3) is 0 Å². The number of nitrogens with two attached hydrogens (primary N) is 1. The number of halogens is 3. The van der Waals surface area contributed by atoms with Gasteiger partial charge in [0, 0.05) is 6.20 Å². The smallest absolute Gasteiger partial charge is 0.418 e. The minimum absolute atomic E-state index is 0.317. The van der Waals surface area contributed by atoms with Gasteiger partial charge < -0.3 is 10.8 Å². The van der Waals surface area contributed by atoms with Crippen molar-refractivity contribution >= 4 is 5.82 Å². The third-order valence-corrected chi connectivity index (χ3v) is 1.22. The Morgan fingerprint density at radius 2 is 2.00 bits per heavy atom. The lowest BCUT2D eigenvalue weighted by Gasteiger charge is -2.06. The van der Waals surface area contributed by atoms with E-state index in [1.165, 1.54) is 0 Å². The molecule has 0 amide bonds. The number of alkyl halides is 3. The number of nitrogens with zero attached hydrogens (tertiary/aromatic N) is 1. The molecule has 0 spiro atoms. The van der Waals surface area contributed by atoms with Gasteiger partial charge in [0.05, 0.1) is 5.56 Å². The predicted octanol–water partition coefficient (Wildman–Crippen LogP) is 1.39. The number of hydrogen-bond donors (Lipinski definition) is 2. The summed E-state index contributed by atoms with van der Waals surface area (Å²) in [5.41, 5.74) is 3.98. The quantitative estimate of drug-likeness (QED) is 0.631. The van der Waals surface area contributed by atoms with Crippen LogP contribution in [-0.4, -0.2) is 10.1 Å². The molecule has 1 aromatic heterocycles. The van der Waals surface area contributed by atoms with Crippen molar-refractivity contribution in [3.05, 3.63) is 17.8 Å². The SMILES string of the molecule is Nc1ncc(C(F)(F)F)cc1O. The van der Waals surface area contributed by atoms with Gasteiger partial charge in [-0.1, -0.05) is 0 Å². The Balaban J connectivity index is 3.14. The summed E-state index contributed by atoms with van der Waals surface area (Å²) < 4.78 is 35.7. The van der Waals surface area contributed by atoms with Crippen LogP contribution in [0.5, 0.6) is 5.75 Å². The van der Waals surface area contributed by atoms with Crippen LogP contribution in [0.2, 0.25) is 0 Å². The first-order valence-electron chi connectivity index (χ1n) is 2.93. The normalized spacial score (nSPS) is 11.6. The number of hydrogen-bond acceptors (Lipinski definition) is 3. The van der Waals surface area contributed by atoms with Gasteiger partial charge in [-0.3, -0.25) is 0 Å². The van der Waals surface area contributed by atoms with Crippen LogP contribution in [0.3, 0.4) is 0 Å². The summed E-state index contributed by atoms with van der Waals surface area (Å²) in [5, 5.41) is 8.78. The fourth-order valence-electron chi connectivity index (χ4n) is 0.619. The Kier molecular flexibility index (Phi) is 1.83. The molecular formula is C6H5F3N2O. The molecule has 0 fully saturated rings. The minimum Gasteiger partial charge on any atom is -0.504 e. The monoisotopic (exact) mass is 178 g/mol. The predicted molar refractivity (Wildman–Crippen MR) is 35.3 cm³/mol. The summed E-state index contributed by atoms with van der Waals surface area (Å²) in [6.45, 7) is 0. The molecule has 0 saturated carbocycles. The Morgan fingerprint density at radius 3 is 2.42 bits per heavy atom. The number of aromatic hydroxyl groups is 1. The molecule has 1 aromatic rings. The topological polar surface area (TPSA) is 59.1 Å². The van der Waals surface area contributed by atoms with Crippen LogP contribution >= 0.6 is 0 Å². The first kappa shape index (κ1) is 8.63. The Hall–Kier alpha value is -1.46. The summed E-state index contributed by atoms with van der Waals surface area (Å²) >= 11 is 0. The lowest BCUT2D eigenvalue weighted by Crippen LogP contribution is -2.06. The average molecular weight is 178 g/mol. The van der Waals surface area contributed by atoms with E-state index in [1.54, 1.807) is 0 Å². The lowest BCUT2D eigenvalue weighted by atomic mass is 10.2. The second-order valence-electron chi connectivity index (χ2n) is 2.13. The molecule has 6 heteroatoms. The molecule has 1 heterocycles. The van der Waals surface area contributed by atoms with Crippen LogP contribution < -0.4 is 5.73 Å². The highest BCUT2D eigenvalue weighted by Gasteiger charge is 2.31. The molecule has 0 saturated heterocycles. The molecule has 0 radical (unpaired) electrons. The van der Waals surface area contributed by atoms with Gasteiger partial charge in [-0.05, 0) is 6.07 Å². The van der Waals surface area contributed by atoms with Gasteiger partial charge in [0.15, 0.2) is 11.6 Å². The van der Waals surface area contributed by atoms with Gasteiger partial charge in [-0.25, -0.2) is 4.98 Å². The van der Waals surface area contributed by atoms with Crippen LogP contribution in [-0.2, 0) is 6.18 Å². The molecule has 0 bridgehead atoms. The lowest BCUT2D eigenvalue weighted by molar-refractivity contribution is -0.137. The fourth-order valence-corrected chi connectivity index (χ4v) is 0.619. The molecular weight excluding hydrogens is 173 g/mol. The molecule has 0 unspecified atom stereocenters. The van der Waals surface area contributed by atoms with Crippen LogP contribution in [0, 0.1) is 0 Å². The maximum Gasteiger partial charge on any atom is 0.418 e. The summed E-state index contributed by atoms with van der Waals surface area (Å²) in [5.74, 6) is -0.979. The van der Waals surface area contributed by atoms with Crippen molar-refractivity contribution < 1.29 is 18.3 Å². The number of anilines is 1. The van der Waals surface area contributed by atoms with Crippen molar-refractivity contribution in [3.63, 3.8) is 0 Å². The maximum atomic E-state index is 11.9. The van der Waals surface area contributed by atoms with Gasteiger partial charge in [-0.2, -0.15) is 13.2 Å². The Bertz CT molecular complexity index is 297. The number of nitrogen functional groups attached to an aromatic ring is 1. The molecule has 3 N–H and O–H groups in total. The zero-order chi connectivity index (χ0) is 9.35. The van der Waals surface area contributed by atoms with Crippen molar-refractivity contribution in [3.8, 4) is 5.75 Å². The second-order valence-corrected chi connectivity index (χ2v) is 2.13. The summed E-state index contributed by atoms with van der Waals surface area (Å²) in [4.78, 5) is 3.15. The number of rotatable bonds is 0.